The van der Waals surface area contributed by atoms with Crippen molar-refractivity contribution in [1.29, 1.82) is 0 Å². The number of halogens is 1. The molecule has 108 valence electrons. The van der Waals surface area contributed by atoms with E-state index in [2.05, 4.69) is 19.7 Å². The molecule has 0 unspecified atom stereocenters. The molecule has 0 spiro atoms. The van der Waals surface area contributed by atoms with Crippen molar-refractivity contribution in [2.75, 3.05) is 11.4 Å². The Balaban J connectivity index is 2.79. The minimum Gasteiger partial charge on any atom is -0.285 e. The minimum absolute atomic E-state index is 0.406. The molecule has 0 radical (unpaired) electrons. The Hall–Kier alpha value is -1.68. The van der Waals surface area contributed by atoms with Crippen LogP contribution in [0.1, 0.15) is 0 Å². The van der Waals surface area contributed by atoms with Crippen LogP contribution in [0.25, 0.3) is 0 Å². The van der Waals surface area contributed by atoms with Gasteiger partial charge in [-0.25, -0.2) is 4.79 Å². The number of carbonyl (C=O) groups is 1. The van der Waals surface area contributed by atoms with E-state index in [0.29, 0.717) is 12.2 Å². The van der Waals surface area contributed by atoms with Gasteiger partial charge >= 0.3 is 6.16 Å². The summed E-state index contributed by atoms with van der Waals surface area (Å²) in [6.07, 6.45) is 2.43. The van der Waals surface area contributed by atoms with Gasteiger partial charge in [0.2, 0.25) is 0 Å². The SMILES string of the molecule is C=CC[Si](C)(CC=C)CCN(C(=O)F)c1ccccc1. The molecule has 0 N–H and O–H groups in total. The molecule has 0 aliphatic heterocycles. The molecule has 4 heteroatoms. The first kappa shape index (κ1) is 16.4. The molecule has 1 amide bonds. The molecular weight excluding hydrogens is 269 g/mol. The van der Waals surface area contributed by atoms with Gasteiger partial charge in [0.1, 0.15) is 0 Å². The van der Waals surface area contributed by atoms with Gasteiger partial charge in [0.15, 0.2) is 0 Å². The summed E-state index contributed by atoms with van der Waals surface area (Å²) in [7, 11) is -1.59. The Bertz CT molecular complexity index is 451. The maximum absolute atomic E-state index is 13.3. The van der Waals surface area contributed by atoms with Crippen LogP contribution < -0.4 is 4.90 Å². The van der Waals surface area contributed by atoms with E-state index in [1.54, 1.807) is 24.3 Å². The summed E-state index contributed by atoms with van der Waals surface area (Å²) in [5.41, 5.74) is 0.605. The fourth-order valence-electron chi connectivity index (χ4n) is 2.29. The Labute approximate surface area is 121 Å². The van der Waals surface area contributed by atoms with Crippen LogP contribution in [-0.4, -0.2) is 20.8 Å². The number of carbonyl (C=O) groups excluding carboxylic acids is 1. The zero-order valence-electron chi connectivity index (χ0n) is 12.0. The monoisotopic (exact) mass is 291 g/mol. The molecule has 0 saturated heterocycles. The van der Waals surface area contributed by atoms with Crippen LogP contribution in [0.2, 0.25) is 24.7 Å². The number of hydrogen-bond donors (Lipinski definition) is 0. The Morgan fingerprint density at radius 2 is 1.80 bits per heavy atom. The number of allylic oxidation sites excluding steroid dienone is 2. The summed E-state index contributed by atoms with van der Waals surface area (Å²) in [5, 5.41) is 0. The van der Waals surface area contributed by atoms with E-state index < -0.39 is 14.2 Å². The first-order chi connectivity index (χ1) is 9.52. The molecule has 0 aliphatic carbocycles. The van der Waals surface area contributed by atoms with Crippen molar-refractivity contribution in [3.8, 4) is 0 Å². The van der Waals surface area contributed by atoms with Crippen LogP contribution >= 0.6 is 0 Å². The lowest BCUT2D eigenvalue weighted by Crippen LogP contribution is -2.36. The van der Waals surface area contributed by atoms with Crippen LogP contribution in [0.5, 0.6) is 0 Å². The molecule has 0 atom stereocenters. The fourth-order valence-corrected chi connectivity index (χ4v) is 5.02. The fraction of sp³-hybridized carbons (Fsp3) is 0.312. The van der Waals surface area contributed by atoms with Crippen LogP contribution in [0.4, 0.5) is 14.9 Å². The van der Waals surface area contributed by atoms with Gasteiger partial charge in [-0.15, -0.1) is 17.5 Å². The highest BCUT2D eigenvalue weighted by molar-refractivity contribution is 6.79. The first-order valence-electron chi connectivity index (χ1n) is 6.76. The third-order valence-corrected chi connectivity index (χ3v) is 7.47. The molecule has 20 heavy (non-hydrogen) atoms. The summed E-state index contributed by atoms with van der Waals surface area (Å²) in [6.45, 7) is 10.2. The molecule has 1 aromatic rings. The predicted octanol–water partition coefficient (Wildman–Crippen LogP) is 5.03. The topological polar surface area (TPSA) is 20.3 Å². The second-order valence-corrected chi connectivity index (χ2v) is 10.2. The molecule has 1 aromatic carbocycles. The number of para-hydroxylation sites is 1. The predicted molar refractivity (Wildman–Crippen MR) is 86.7 cm³/mol. The summed E-state index contributed by atoms with van der Waals surface area (Å²) in [4.78, 5) is 12.4. The Morgan fingerprint density at radius 3 is 2.25 bits per heavy atom. The number of rotatable bonds is 8. The van der Waals surface area contributed by atoms with E-state index in [-0.39, 0.29) is 0 Å². The molecule has 2 nitrogen and oxygen atoms in total. The lowest BCUT2D eigenvalue weighted by atomic mass is 10.3. The summed E-state index contributed by atoms with van der Waals surface area (Å²) >= 11 is 0. The van der Waals surface area contributed by atoms with Crippen molar-refractivity contribution in [2.45, 2.75) is 24.7 Å². The van der Waals surface area contributed by atoms with Gasteiger partial charge in [0.25, 0.3) is 0 Å². The van der Waals surface area contributed by atoms with E-state index in [4.69, 9.17) is 0 Å². The van der Waals surface area contributed by atoms with Crippen LogP contribution in [-0.2, 0) is 0 Å². The maximum atomic E-state index is 13.3. The van der Waals surface area contributed by atoms with Gasteiger partial charge in [-0.2, -0.15) is 0 Å². The minimum atomic E-state index is -1.59. The highest BCUT2D eigenvalue weighted by atomic mass is 28.3. The third-order valence-electron chi connectivity index (χ3n) is 3.49. The second-order valence-electron chi connectivity index (χ2n) is 5.29. The van der Waals surface area contributed by atoms with E-state index >= 15 is 0 Å². The third kappa shape index (κ3) is 4.77. The van der Waals surface area contributed by atoms with Crippen molar-refractivity contribution in [1.82, 2.24) is 0 Å². The van der Waals surface area contributed by atoms with Crippen LogP contribution in [0, 0.1) is 0 Å². The smallest absolute Gasteiger partial charge is 0.285 e. The van der Waals surface area contributed by atoms with Crippen molar-refractivity contribution in [3.05, 3.63) is 55.6 Å². The highest BCUT2D eigenvalue weighted by Crippen LogP contribution is 2.24. The zero-order valence-corrected chi connectivity index (χ0v) is 13.0. The molecule has 0 aromatic heterocycles. The molecular formula is C16H22FNOSi. The van der Waals surface area contributed by atoms with Crippen molar-refractivity contribution in [2.24, 2.45) is 0 Å². The van der Waals surface area contributed by atoms with E-state index in [1.807, 2.05) is 18.2 Å². The molecule has 0 heterocycles. The van der Waals surface area contributed by atoms with E-state index in [0.717, 1.165) is 18.1 Å². The lowest BCUT2D eigenvalue weighted by Gasteiger charge is -2.28. The van der Waals surface area contributed by atoms with Gasteiger partial charge in [-0.3, -0.25) is 4.90 Å². The number of nitrogens with zero attached hydrogens (tertiary/aromatic N) is 1. The quantitative estimate of drug-likeness (QED) is 0.284. The summed E-state index contributed by atoms with van der Waals surface area (Å²) in [6, 6.07) is 11.7. The Morgan fingerprint density at radius 1 is 1.25 bits per heavy atom. The average Bonchev–Trinajstić information content (AvgIpc) is 2.40. The van der Waals surface area contributed by atoms with Crippen LogP contribution in [0.15, 0.2) is 55.6 Å². The van der Waals surface area contributed by atoms with Gasteiger partial charge in [-0.1, -0.05) is 36.9 Å². The normalized spacial score (nSPS) is 10.9. The summed E-state index contributed by atoms with van der Waals surface area (Å²) in [5.74, 6) is 0. The highest BCUT2D eigenvalue weighted by Gasteiger charge is 2.26. The molecule has 0 fully saturated rings. The largest absolute Gasteiger partial charge is 0.404 e. The first-order valence-corrected chi connectivity index (χ1v) is 9.88. The zero-order chi connectivity index (χ0) is 15.0. The van der Waals surface area contributed by atoms with E-state index in [9.17, 15) is 9.18 Å². The van der Waals surface area contributed by atoms with Gasteiger partial charge < -0.3 is 0 Å². The number of hydrogen-bond acceptors (Lipinski definition) is 1. The van der Waals surface area contributed by atoms with Gasteiger partial charge in [0, 0.05) is 12.2 Å². The summed E-state index contributed by atoms with van der Waals surface area (Å²) < 4.78 is 13.3. The molecule has 0 bridgehead atoms. The number of anilines is 1. The van der Waals surface area contributed by atoms with Crippen LogP contribution in [0.3, 0.4) is 0 Å². The van der Waals surface area contributed by atoms with Crippen molar-refractivity contribution in [3.63, 3.8) is 0 Å². The lowest BCUT2D eigenvalue weighted by molar-refractivity contribution is 0.228. The standard InChI is InChI=1S/C16H22FNOSi/c1-4-12-20(3,13-5-2)14-11-18(16(17)19)15-9-7-6-8-10-15/h4-10H,1-2,11-14H2,3H3. The second kappa shape index (κ2) is 7.80. The molecule has 0 aliphatic rings. The van der Waals surface area contributed by atoms with Gasteiger partial charge in [0.05, 0.1) is 8.07 Å². The van der Waals surface area contributed by atoms with E-state index in [1.165, 1.54) is 4.90 Å². The van der Waals surface area contributed by atoms with Crippen molar-refractivity contribution < 1.29 is 9.18 Å². The molecule has 0 saturated carbocycles. The number of benzene rings is 1. The van der Waals surface area contributed by atoms with Crippen molar-refractivity contribution >= 4 is 19.9 Å². The average molecular weight is 291 g/mol. The maximum Gasteiger partial charge on any atom is 0.404 e. The van der Waals surface area contributed by atoms with Gasteiger partial charge in [-0.05, 0) is 30.3 Å². The number of amides is 1. The molecule has 1 rings (SSSR count). The Kier molecular flexibility index (Phi) is 6.38.